The van der Waals surface area contributed by atoms with Crippen molar-refractivity contribution in [1.29, 1.82) is 5.26 Å². The molecule has 3 heterocycles. The molecule has 0 spiro atoms. The van der Waals surface area contributed by atoms with Crippen LogP contribution in [0.1, 0.15) is 5.56 Å². The van der Waals surface area contributed by atoms with Crippen molar-refractivity contribution in [3.8, 4) is 11.8 Å². The highest BCUT2D eigenvalue weighted by Crippen LogP contribution is 2.21. The molecule has 0 bridgehead atoms. The third-order valence-electron chi connectivity index (χ3n) is 4.06. The third-order valence-corrected chi connectivity index (χ3v) is 4.06. The number of benzene rings is 1. The number of rotatable bonds is 2. The van der Waals surface area contributed by atoms with Gasteiger partial charge in [-0.2, -0.15) is 10.4 Å². The van der Waals surface area contributed by atoms with Crippen molar-refractivity contribution in [2.24, 2.45) is 0 Å². The Labute approximate surface area is 134 Å². The average molecular weight is 304 g/mol. The first-order chi connectivity index (χ1) is 11.3. The molecule has 3 aromatic rings. The molecule has 1 aliphatic heterocycles. The Hall–Kier alpha value is -2.91. The zero-order chi connectivity index (χ0) is 15.6. The van der Waals surface area contributed by atoms with Crippen LogP contribution in [0.5, 0.6) is 0 Å². The van der Waals surface area contributed by atoms with Gasteiger partial charge in [-0.3, -0.25) is 0 Å². The Bertz CT molecular complexity index is 885. The highest BCUT2D eigenvalue weighted by atomic mass is 15.3. The number of pyridine rings is 1. The van der Waals surface area contributed by atoms with Crippen LogP contribution in [-0.2, 0) is 0 Å². The van der Waals surface area contributed by atoms with E-state index >= 15 is 0 Å². The first kappa shape index (κ1) is 13.7. The molecule has 6 nitrogen and oxygen atoms in total. The molecule has 6 heteroatoms. The molecular weight excluding hydrogens is 288 g/mol. The minimum absolute atomic E-state index is 0.627. The summed E-state index contributed by atoms with van der Waals surface area (Å²) in [6, 6.07) is 11.7. The van der Waals surface area contributed by atoms with Crippen LogP contribution in [0.25, 0.3) is 16.6 Å². The van der Waals surface area contributed by atoms with E-state index in [1.165, 1.54) is 0 Å². The van der Waals surface area contributed by atoms with E-state index in [0.717, 1.165) is 48.6 Å². The van der Waals surface area contributed by atoms with Gasteiger partial charge < -0.3 is 10.2 Å². The van der Waals surface area contributed by atoms with Crippen molar-refractivity contribution < 1.29 is 0 Å². The van der Waals surface area contributed by atoms with Crippen molar-refractivity contribution in [1.82, 2.24) is 20.1 Å². The number of nitrogens with zero attached hydrogens (tertiary/aromatic N) is 5. The van der Waals surface area contributed by atoms with Gasteiger partial charge in [-0.05, 0) is 24.3 Å². The lowest BCUT2D eigenvalue weighted by atomic mass is 10.2. The summed E-state index contributed by atoms with van der Waals surface area (Å²) in [6.07, 6.45) is 3.80. The van der Waals surface area contributed by atoms with E-state index in [4.69, 9.17) is 5.26 Å². The summed E-state index contributed by atoms with van der Waals surface area (Å²) >= 11 is 0. The lowest BCUT2D eigenvalue weighted by Crippen LogP contribution is -2.43. The summed E-state index contributed by atoms with van der Waals surface area (Å²) in [4.78, 5) is 6.82. The first-order valence-corrected chi connectivity index (χ1v) is 7.65. The van der Waals surface area contributed by atoms with Crippen molar-refractivity contribution >= 4 is 16.7 Å². The monoisotopic (exact) mass is 304 g/mol. The van der Waals surface area contributed by atoms with E-state index in [1.54, 1.807) is 10.7 Å². The van der Waals surface area contributed by atoms with Crippen LogP contribution in [0.4, 0.5) is 5.82 Å². The minimum Gasteiger partial charge on any atom is -0.354 e. The molecule has 23 heavy (non-hydrogen) atoms. The maximum absolute atomic E-state index is 9.03. The summed E-state index contributed by atoms with van der Waals surface area (Å²) in [5.41, 5.74) is 2.36. The average Bonchev–Trinajstić information content (AvgIpc) is 3.06. The quantitative estimate of drug-likeness (QED) is 0.780. The second-order valence-corrected chi connectivity index (χ2v) is 5.57. The van der Waals surface area contributed by atoms with E-state index in [-0.39, 0.29) is 0 Å². The van der Waals surface area contributed by atoms with Gasteiger partial charge in [0.1, 0.15) is 11.3 Å². The second kappa shape index (κ2) is 5.71. The molecular formula is C17H16N6. The van der Waals surface area contributed by atoms with Crippen LogP contribution in [0.2, 0.25) is 0 Å². The Morgan fingerprint density at radius 1 is 1.17 bits per heavy atom. The molecule has 0 unspecified atom stereocenters. The standard InChI is InChI=1S/C17H16N6/c18-10-13-2-1-3-15(8-13)23-12-14-9-17(20-11-16(14)21-23)22-6-4-19-5-7-22/h1-3,8-9,11-12,19H,4-7H2. The third kappa shape index (κ3) is 2.62. The lowest BCUT2D eigenvalue weighted by Gasteiger charge is -2.28. The predicted octanol–water partition coefficient (Wildman–Crippen LogP) is 1.70. The maximum atomic E-state index is 9.03. The fraction of sp³-hybridized carbons (Fsp3) is 0.235. The Morgan fingerprint density at radius 3 is 2.87 bits per heavy atom. The second-order valence-electron chi connectivity index (χ2n) is 5.57. The Morgan fingerprint density at radius 2 is 2.04 bits per heavy atom. The predicted molar refractivity (Wildman–Crippen MR) is 88.7 cm³/mol. The van der Waals surface area contributed by atoms with Crippen LogP contribution in [0, 0.1) is 11.3 Å². The van der Waals surface area contributed by atoms with Crippen LogP contribution in [-0.4, -0.2) is 40.9 Å². The number of hydrogen-bond acceptors (Lipinski definition) is 5. The molecule has 1 fully saturated rings. The molecule has 0 aliphatic carbocycles. The number of piperazine rings is 1. The van der Waals surface area contributed by atoms with Crippen LogP contribution < -0.4 is 10.2 Å². The SMILES string of the molecule is N#Cc1cccc(-n2cc3cc(N4CCNCC4)ncc3n2)c1. The zero-order valence-electron chi connectivity index (χ0n) is 12.6. The summed E-state index contributed by atoms with van der Waals surface area (Å²) in [5, 5.41) is 18.0. The molecule has 0 radical (unpaired) electrons. The van der Waals surface area contributed by atoms with Crippen molar-refractivity contribution in [2.45, 2.75) is 0 Å². The molecule has 1 aliphatic rings. The molecule has 2 aromatic heterocycles. The lowest BCUT2D eigenvalue weighted by molar-refractivity contribution is 0.585. The van der Waals surface area contributed by atoms with Gasteiger partial charge in [0.2, 0.25) is 0 Å². The van der Waals surface area contributed by atoms with Gasteiger partial charge in [0, 0.05) is 37.8 Å². The topological polar surface area (TPSA) is 69.8 Å². The summed E-state index contributed by atoms with van der Waals surface area (Å²) in [7, 11) is 0. The summed E-state index contributed by atoms with van der Waals surface area (Å²) in [5.74, 6) is 0.990. The highest BCUT2D eigenvalue weighted by Gasteiger charge is 2.13. The van der Waals surface area contributed by atoms with Crippen LogP contribution in [0.15, 0.2) is 42.7 Å². The van der Waals surface area contributed by atoms with Crippen molar-refractivity contribution in [3.05, 3.63) is 48.3 Å². The number of nitrogens with one attached hydrogen (secondary N) is 1. The van der Waals surface area contributed by atoms with E-state index in [9.17, 15) is 0 Å². The Balaban J connectivity index is 1.71. The zero-order valence-corrected chi connectivity index (χ0v) is 12.6. The van der Waals surface area contributed by atoms with Crippen molar-refractivity contribution in [3.63, 3.8) is 0 Å². The van der Waals surface area contributed by atoms with Gasteiger partial charge in [0.25, 0.3) is 0 Å². The smallest absolute Gasteiger partial charge is 0.129 e. The highest BCUT2D eigenvalue weighted by molar-refractivity contribution is 5.80. The number of hydrogen-bond donors (Lipinski definition) is 1. The van der Waals surface area contributed by atoms with E-state index < -0.39 is 0 Å². The summed E-state index contributed by atoms with van der Waals surface area (Å²) in [6.45, 7) is 3.91. The number of anilines is 1. The first-order valence-electron chi connectivity index (χ1n) is 7.65. The van der Waals surface area contributed by atoms with Gasteiger partial charge in [-0.25, -0.2) is 9.67 Å². The van der Waals surface area contributed by atoms with Crippen molar-refractivity contribution in [2.75, 3.05) is 31.1 Å². The number of fused-ring (bicyclic) bond motifs is 1. The van der Waals surface area contributed by atoms with Crippen LogP contribution in [0.3, 0.4) is 0 Å². The van der Waals surface area contributed by atoms with E-state index in [2.05, 4.69) is 32.4 Å². The number of aromatic nitrogens is 3. The van der Waals surface area contributed by atoms with E-state index in [1.807, 2.05) is 30.6 Å². The molecule has 114 valence electrons. The molecule has 1 aromatic carbocycles. The maximum Gasteiger partial charge on any atom is 0.129 e. The Kier molecular flexibility index (Phi) is 3.41. The van der Waals surface area contributed by atoms with Gasteiger partial charge >= 0.3 is 0 Å². The molecule has 0 saturated carbocycles. The molecule has 0 atom stereocenters. The van der Waals surface area contributed by atoms with Gasteiger partial charge in [0.15, 0.2) is 0 Å². The van der Waals surface area contributed by atoms with E-state index in [0.29, 0.717) is 5.56 Å². The molecule has 1 saturated heterocycles. The molecule has 4 rings (SSSR count). The van der Waals surface area contributed by atoms with Gasteiger partial charge in [-0.15, -0.1) is 0 Å². The minimum atomic E-state index is 0.627. The molecule has 0 amide bonds. The summed E-state index contributed by atoms with van der Waals surface area (Å²) < 4.78 is 1.80. The molecule has 1 N–H and O–H groups in total. The fourth-order valence-corrected chi connectivity index (χ4v) is 2.83. The number of nitriles is 1. The normalized spacial score (nSPS) is 14.8. The largest absolute Gasteiger partial charge is 0.354 e. The van der Waals surface area contributed by atoms with Gasteiger partial charge in [0.05, 0.1) is 23.5 Å². The fourth-order valence-electron chi connectivity index (χ4n) is 2.83. The van der Waals surface area contributed by atoms with Gasteiger partial charge in [-0.1, -0.05) is 6.07 Å². The van der Waals surface area contributed by atoms with Crippen LogP contribution >= 0.6 is 0 Å².